The van der Waals surface area contributed by atoms with Gasteiger partial charge in [0.25, 0.3) is 0 Å². The second-order valence-electron chi connectivity index (χ2n) is 7.08. The lowest BCUT2D eigenvalue weighted by molar-refractivity contribution is -0.135. The minimum Gasteiger partial charge on any atom is -0.342 e. The van der Waals surface area contributed by atoms with Crippen molar-refractivity contribution in [2.24, 2.45) is 0 Å². The highest BCUT2D eigenvalue weighted by Crippen LogP contribution is 2.11. The first-order valence-corrected chi connectivity index (χ1v) is 9.31. The Labute approximate surface area is 149 Å². The molecule has 2 amide bonds. The predicted molar refractivity (Wildman–Crippen MR) is 96.1 cm³/mol. The molecule has 2 fully saturated rings. The molecule has 6 heteroatoms. The molecule has 2 saturated heterocycles. The number of aryl methyl sites for hydroxylation is 1. The van der Waals surface area contributed by atoms with Crippen LogP contribution < -0.4 is 0 Å². The van der Waals surface area contributed by atoms with Gasteiger partial charge in [0, 0.05) is 51.2 Å². The molecule has 0 aliphatic carbocycles. The number of hydrogen-bond acceptors (Lipinski definition) is 4. The number of pyridine rings is 1. The van der Waals surface area contributed by atoms with Crippen LogP contribution in [0.3, 0.4) is 0 Å². The van der Waals surface area contributed by atoms with Gasteiger partial charge in [-0.15, -0.1) is 0 Å². The number of amides is 2. The van der Waals surface area contributed by atoms with Gasteiger partial charge in [0.15, 0.2) is 0 Å². The number of rotatable bonds is 4. The second-order valence-corrected chi connectivity index (χ2v) is 7.08. The van der Waals surface area contributed by atoms with Gasteiger partial charge in [-0.2, -0.15) is 0 Å². The SMILES string of the molecule is Cc1ccc(CC(=O)N2CCN(CC(=O)N3CCCCC3)CC2)cn1. The maximum atomic E-state index is 12.4. The van der Waals surface area contributed by atoms with Crippen molar-refractivity contribution < 1.29 is 9.59 Å². The Morgan fingerprint density at radius 3 is 2.24 bits per heavy atom. The molecule has 1 aromatic rings. The summed E-state index contributed by atoms with van der Waals surface area (Å²) >= 11 is 0. The molecule has 1 aromatic heterocycles. The van der Waals surface area contributed by atoms with E-state index in [0.717, 1.165) is 50.3 Å². The summed E-state index contributed by atoms with van der Waals surface area (Å²) in [4.78, 5) is 35.1. The first-order valence-electron chi connectivity index (χ1n) is 9.31. The van der Waals surface area contributed by atoms with Crippen molar-refractivity contribution >= 4 is 11.8 Å². The van der Waals surface area contributed by atoms with Crippen molar-refractivity contribution in [1.29, 1.82) is 0 Å². The molecule has 0 saturated carbocycles. The van der Waals surface area contributed by atoms with Crippen LogP contribution in [0.2, 0.25) is 0 Å². The van der Waals surface area contributed by atoms with E-state index in [1.807, 2.05) is 28.9 Å². The summed E-state index contributed by atoms with van der Waals surface area (Å²) in [5.41, 5.74) is 1.92. The first-order chi connectivity index (χ1) is 12.1. The Kier molecular flexibility index (Phi) is 6.02. The Hall–Kier alpha value is -1.95. The molecule has 25 heavy (non-hydrogen) atoms. The number of hydrogen-bond donors (Lipinski definition) is 0. The molecule has 3 rings (SSSR count). The molecule has 0 atom stereocenters. The highest BCUT2D eigenvalue weighted by molar-refractivity contribution is 5.79. The standard InChI is InChI=1S/C19H28N4O2/c1-16-5-6-17(14-20-16)13-18(24)23-11-9-21(10-12-23)15-19(25)22-7-3-2-4-8-22/h5-6,14H,2-4,7-13,15H2,1H3. The zero-order valence-electron chi connectivity index (χ0n) is 15.1. The molecular formula is C19H28N4O2. The highest BCUT2D eigenvalue weighted by atomic mass is 16.2. The van der Waals surface area contributed by atoms with Gasteiger partial charge in [-0.3, -0.25) is 19.5 Å². The predicted octanol–water partition coefficient (Wildman–Crippen LogP) is 1.09. The van der Waals surface area contributed by atoms with Gasteiger partial charge in [-0.05, 0) is 37.8 Å². The molecular weight excluding hydrogens is 316 g/mol. The molecule has 3 heterocycles. The summed E-state index contributed by atoms with van der Waals surface area (Å²) < 4.78 is 0. The summed E-state index contributed by atoms with van der Waals surface area (Å²) in [6.07, 6.45) is 5.67. The van der Waals surface area contributed by atoms with Crippen LogP contribution in [-0.4, -0.2) is 77.3 Å². The van der Waals surface area contributed by atoms with Crippen molar-refractivity contribution in [2.75, 3.05) is 45.8 Å². The van der Waals surface area contributed by atoms with E-state index in [1.54, 1.807) is 6.20 Å². The van der Waals surface area contributed by atoms with Crippen LogP contribution >= 0.6 is 0 Å². The molecule has 0 radical (unpaired) electrons. The minimum atomic E-state index is 0.146. The summed E-state index contributed by atoms with van der Waals surface area (Å²) in [5, 5.41) is 0. The largest absolute Gasteiger partial charge is 0.342 e. The lowest BCUT2D eigenvalue weighted by Crippen LogP contribution is -2.52. The Balaban J connectivity index is 1.42. The topological polar surface area (TPSA) is 56.8 Å². The number of carbonyl (C=O) groups is 2. The fraction of sp³-hybridized carbons (Fsp3) is 0.632. The van der Waals surface area contributed by atoms with Gasteiger partial charge in [-0.1, -0.05) is 6.07 Å². The molecule has 2 aliphatic heterocycles. The average molecular weight is 344 g/mol. The maximum Gasteiger partial charge on any atom is 0.236 e. The van der Waals surface area contributed by atoms with Crippen LogP contribution in [0.1, 0.15) is 30.5 Å². The van der Waals surface area contributed by atoms with Gasteiger partial charge in [0.05, 0.1) is 13.0 Å². The third-order valence-electron chi connectivity index (χ3n) is 5.12. The van der Waals surface area contributed by atoms with E-state index in [0.29, 0.717) is 26.1 Å². The number of piperidine rings is 1. The number of nitrogens with zero attached hydrogens (tertiary/aromatic N) is 4. The molecule has 136 valence electrons. The van der Waals surface area contributed by atoms with E-state index in [-0.39, 0.29) is 11.8 Å². The van der Waals surface area contributed by atoms with Crippen LogP contribution in [-0.2, 0) is 16.0 Å². The van der Waals surface area contributed by atoms with Gasteiger partial charge < -0.3 is 9.80 Å². The Morgan fingerprint density at radius 1 is 0.920 bits per heavy atom. The summed E-state index contributed by atoms with van der Waals surface area (Å²) in [5.74, 6) is 0.387. The summed E-state index contributed by atoms with van der Waals surface area (Å²) in [6, 6.07) is 3.90. The van der Waals surface area contributed by atoms with Crippen LogP contribution in [0, 0.1) is 6.92 Å². The fourth-order valence-corrected chi connectivity index (χ4v) is 3.48. The van der Waals surface area contributed by atoms with Crippen LogP contribution in [0.4, 0.5) is 0 Å². The number of piperazine rings is 1. The average Bonchev–Trinajstić information content (AvgIpc) is 2.65. The van der Waals surface area contributed by atoms with E-state index in [1.165, 1.54) is 6.42 Å². The monoisotopic (exact) mass is 344 g/mol. The van der Waals surface area contributed by atoms with Crippen molar-refractivity contribution in [2.45, 2.75) is 32.6 Å². The molecule has 0 N–H and O–H groups in total. The highest BCUT2D eigenvalue weighted by Gasteiger charge is 2.24. The van der Waals surface area contributed by atoms with Gasteiger partial charge in [0.2, 0.25) is 11.8 Å². The van der Waals surface area contributed by atoms with Crippen molar-refractivity contribution in [3.8, 4) is 0 Å². The van der Waals surface area contributed by atoms with Crippen molar-refractivity contribution in [3.63, 3.8) is 0 Å². The van der Waals surface area contributed by atoms with Crippen molar-refractivity contribution in [3.05, 3.63) is 29.6 Å². The second kappa shape index (κ2) is 8.43. The number of likely N-dealkylation sites (tertiary alicyclic amines) is 1. The van der Waals surface area contributed by atoms with E-state index < -0.39 is 0 Å². The van der Waals surface area contributed by atoms with E-state index >= 15 is 0 Å². The zero-order chi connectivity index (χ0) is 17.6. The molecule has 2 aliphatic rings. The quantitative estimate of drug-likeness (QED) is 0.820. The van der Waals surface area contributed by atoms with E-state index in [9.17, 15) is 9.59 Å². The molecule has 6 nitrogen and oxygen atoms in total. The number of aromatic nitrogens is 1. The molecule has 0 unspecified atom stereocenters. The van der Waals surface area contributed by atoms with Crippen LogP contribution in [0.5, 0.6) is 0 Å². The van der Waals surface area contributed by atoms with E-state index in [4.69, 9.17) is 0 Å². The van der Waals surface area contributed by atoms with Crippen LogP contribution in [0.15, 0.2) is 18.3 Å². The van der Waals surface area contributed by atoms with E-state index in [2.05, 4.69) is 9.88 Å². The zero-order valence-corrected chi connectivity index (χ0v) is 15.1. The normalized spacial score (nSPS) is 19.1. The number of carbonyl (C=O) groups excluding carboxylic acids is 2. The first kappa shape index (κ1) is 17.9. The maximum absolute atomic E-state index is 12.4. The third kappa shape index (κ3) is 5.01. The third-order valence-corrected chi connectivity index (χ3v) is 5.12. The van der Waals surface area contributed by atoms with Crippen molar-refractivity contribution in [1.82, 2.24) is 19.7 Å². The van der Waals surface area contributed by atoms with Gasteiger partial charge >= 0.3 is 0 Å². The smallest absolute Gasteiger partial charge is 0.236 e. The molecule has 0 spiro atoms. The van der Waals surface area contributed by atoms with Gasteiger partial charge in [0.1, 0.15) is 0 Å². The lowest BCUT2D eigenvalue weighted by atomic mass is 10.1. The molecule has 0 bridgehead atoms. The fourth-order valence-electron chi connectivity index (χ4n) is 3.48. The lowest BCUT2D eigenvalue weighted by Gasteiger charge is -2.36. The van der Waals surface area contributed by atoms with Crippen LogP contribution in [0.25, 0.3) is 0 Å². The Bertz CT molecular complexity index is 588. The Morgan fingerprint density at radius 2 is 1.60 bits per heavy atom. The van der Waals surface area contributed by atoms with Gasteiger partial charge in [-0.25, -0.2) is 0 Å². The summed E-state index contributed by atoms with van der Waals surface area (Å²) in [7, 11) is 0. The molecule has 0 aromatic carbocycles. The summed E-state index contributed by atoms with van der Waals surface area (Å²) in [6.45, 7) is 7.19. The minimum absolute atomic E-state index is 0.146.